The molecular weight excluding hydrogens is 270 g/mol. The number of likely N-dealkylation sites (tertiary alicyclic amines) is 1. The molecule has 6 nitrogen and oxygen atoms in total. The van der Waals surface area contributed by atoms with Crippen molar-refractivity contribution < 1.29 is 14.3 Å². The molecule has 1 saturated heterocycles. The number of hydrogen-bond donors (Lipinski definition) is 2. The Balaban J connectivity index is 1.96. The van der Waals surface area contributed by atoms with Crippen LogP contribution in [0.4, 0.5) is 5.88 Å². The van der Waals surface area contributed by atoms with Crippen molar-refractivity contribution in [2.75, 3.05) is 31.6 Å². The summed E-state index contributed by atoms with van der Waals surface area (Å²) in [7, 11) is 0. The van der Waals surface area contributed by atoms with Gasteiger partial charge < -0.3 is 9.52 Å². The van der Waals surface area contributed by atoms with E-state index >= 15 is 0 Å². The zero-order chi connectivity index (χ0) is 15.4. The molecule has 1 atom stereocenters. The number of furan rings is 1. The average Bonchev–Trinajstić information content (AvgIpc) is 2.73. The summed E-state index contributed by atoms with van der Waals surface area (Å²) < 4.78 is 5.43. The van der Waals surface area contributed by atoms with Crippen molar-refractivity contribution in [3.05, 3.63) is 16.9 Å². The summed E-state index contributed by atoms with van der Waals surface area (Å²) in [6.45, 7) is 5.55. The van der Waals surface area contributed by atoms with Gasteiger partial charge in [0.05, 0.1) is 6.54 Å². The quantitative estimate of drug-likeness (QED) is 0.875. The average molecular weight is 291 g/mol. The molecule has 0 bridgehead atoms. The third-order valence-corrected chi connectivity index (χ3v) is 3.98. The standard InChI is InChI=1S/C15H21N3O3/c1-10-11(2)21-15(13(10)6-16)17-14(20)8-18-5-3-4-12(7-18)9-19/h12,19H,3-5,7-9H2,1-2H3,(H,17,20). The van der Waals surface area contributed by atoms with Gasteiger partial charge in [0.25, 0.3) is 0 Å². The molecule has 1 aliphatic heterocycles. The van der Waals surface area contributed by atoms with Crippen LogP contribution in [0.25, 0.3) is 0 Å². The first-order valence-electron chi connectivity index (χ1n) is 7.18. The van der Waals surface area contributed by atoms with Crippen molar-refractivity contribution in [1.29, 1.82) is 5.26 Å². The van der Waals surface area contributed by atoms with E-state index < -0.39 is 0 Å². The lowest BCUT2D eigenvalue weighted by molar-refractivity contribution is -0.117. The lowest BCUT2D eigenvalue weighted by Crippen LogP contribution is -2.41. The Morgan fingerprint density at radius 3 is 3.00 bits per heavy atom. The summed E-state index contributed by atoms with van der Waals surface area (Å²) in [5, 5.41) is 21.0. The van der Waals surface area contributed by atoms with Crippen LogP contribution in [-0.4, -0.2) is 42.2 Å². The highest BCUT2D eigenvalue weighted by molar-refractivity contribution is 5.92. The zero-order valence-electron chi connectivity index (χ0n) is 12.5. The van der Waals surface area contributed by atoms with Crippen LogP contribution in [0.1, 0.15) is 29.7 Å². The second kappa shape index (κ2) is 6.74. The number of piperidine rings is 1. The van der Waals surface area contributed by atoms with E-state index in [1.165, 1.54) is 0 Å². The summed E-state index contributed by atoms with van der Waals surface area (Å²) in [6.07, 6.45) is 1.99. The molecule has 1 unspecified atom stereocenters. The molecule has 21 heavy (non-hydrogen) atoms. The fourth-order valence-corrected chi connectivity index (χ4v) is 2.66. The van der Waals surface area contributed by atoms with Crippen molar-refractivity contribution in [3.63, 3.8) is 0 Å². The largest absolute Gasteiger partial charge is 0.444 e. The van der Waals surface area contributed by atoms with Crippen LogP contribution in [-0.2, 0) is 4.79 Å². The molecule has 2 heterocycles. The van der Waals surface area contributed by atoms with Gasteiger partial charge in [-0.2, -0.15) is 5.26 Å². The predicted molar refractivity (Wildman–Crippen MR) is 77.8 cm³/mol. The number of rotatable bonds is 4. The van der Waals surface area contributed by atoms with E-state index in [9.17, 15) is 9.90 Å². The van der Waals surface area contributed by atoms with Crippen LogP contribution in [0.3, 0.4) is 0 Å². The maximum absolute atomic E-state index is 12.1. The Kier molecular flexibility index (Phi) is 4.99. The molecule has 0 saturated carbocycles. The summed E-state index contributed by atoms with van der Waals surface area (Å²) in [6, 6.07) is 2.05. The number of aryl methyl sites for hydroxylation is 1. The Bertz CT molecular complexity index is 559. The molecule has 1 amide bonds. The lowest BCUT2D eigenvalue weighted by atomic mass is 9.99. The molecule has 0 aromatic carbocycles. The smallest absolute Gasteiger partial charge is 0.240 e. The van der Waals surface area contributed by atoms with Crippen molar-refractivity contribution in [1.82, 2.24) is 4.90 Å². The highest BCUT2D eigenvalue weighted by Crippen LogP contribution is 2.25. The minimum Gasteiger partial charge on any atom is -0.444 e. The van der Waals surface area contributed by atoms with Crippen LogP contribution in [0.5, 0.6) is 0 Å². The molecule has 1 fully saturated rings. The maximum Gasteiger partial charge on any atom is 0.240 e. The van der Waals surface area contributed by atoms with Gasteiger partial charge >= 0.3 is 0 Å². The number of amides is 1. The molecule has 0 spiro atoms. The van der Waals surface area contributed by atoms with Gasteiger partial charge in [-0.25, -0.2) is 0 Å². The number of anilines is 1. The Morgan fingerprint density at radius 1 is 1.57 bits per heavy atom. The molecule has 114 valence electrons. The molecule has 1 aromatic rings. The van der Waals surface area contributed by atoms with Crippen molar-refractivity contribution in [3.8, 4) is 6.07 Å². The van der Waals surface area contributed by atoms with Crippen LogP contribution in [0.15, 0.2) is 4.42 Å². The lowest BCUT2D eigenvalue weighted by Gasteiger charge is -2.30. The van der Waals surface area contributed by atoms with Gasteiger partial charge in [0.1, 0.15) is 17.4 Å². The molecule has 6 heteroatoms. The van der Waals surface area contributed by atoms with Crippen molar-refractivity contribution in [2.45, 2.75) is 26.7 Å². The minimum absolute atomic E-state index is 0.160. The second-order valence-corrected chi connectivity index (χ2v) is 5.57. The first-order chi connectivity index (χ1) is 10.0. The maximum atomic E-state index is 12.1. The van der Waals surface area contributed by atoms with E-state index in [1.807, 2.05) is 4.90 Å². The third kappa shape index (κ3) is 3.63. The van der Waals surface area contributed by atoms with Crippen molar-refractivity contribution >= 4 is 11.8 Å². The van der Waals surface area contributed by atoms with Crippen LogP contribution in [0, 0.1) is 31.1 Å². The summed E-state index contributed by atoms with van der Waals surface area (Å²) in [5.74, 6) is 0.918. The van der Waals surface area contributed by atoms with Gasteiger partial charge in [0, 0.05) is 18.7 Å². The number of hydrogen-bond acceptors (Lipinski definition) is 5. The first-order valence-corrected chi connectivity index (χ1v) is 7.18. The highest BCUT2D eigenvalue weighted by Gasteiger charge is 2.22. The van der Waals surface area contributed by atoms with E-state index in [2.05, 4.69) is 11.4 Å². The normalized spacial score (nSPS) is 19.2. The molecule has 0 radical (unpaired) electrons. The fraction of sp³-hybridized carbons (Fsp3) is 0.600. The minimum atomic E-state index is -0.196. The van der Waals surface area contributed by atoms with Crippen LogP contribution < -0.4 is 5.32 Å². The summed E-state index contributed by atoms with van der Waals surface area (Å²) in [5.41, 5.74) is 1.14. The Labute approximate surface area is 124 Å². The molecule has 1 aromatic heterocycles. The summed E-state index contributed by atoms with van der Waals surface area (Å²) in [4.78, 5) is 14.1. The van der Waals surface area contributed by atoms with E-state index in [1.54, 1.807) is 13.8 Å². The second-order valence-electron chi connectivity index (χ2n) is 5.57. The van der Waals surface area contributed by atoms with Gasteiger partial charge in [0.2, 0.25) is 11.8 Å². The highest BCUT2D eigenvalue weighted by atomic mass is 16.4. The van der Waals surface area contributed by atoms with E-state index in [4.69, 9.17) is 9.68 Å². The summed E-state index contributed by atoms with van der Waals surface area (Å²) >= 11 is 0. The Hall–Kier alpha value is -1.84. The fourth-order valence-electron chi connectivity index (χ4n) is 2.66. The SMILES string of the molecule is Cc1oc(NC(=O)CN2CCCC(CO)C2)c(C#N)c1C. The molecule has 2 N–H and O–H groups in total. The number of carbonyl (C=O) groups is 1. The first kappa shape index (κ1) is 15.5. The van der Waals surface area contributed by atoms with E-state index in [0.29, 0.717) is 11.3 Å². The van der Waals surface area contributed by atoms with Gasteiger partial charge in [-0.05, 0) is 39.2 Å². The number of aliphatic hydroxyl groups is 1. The molecule has 2 rings (SSSR count). The van der Waals surface area contributed by atoms with Gasteiger partial charge in [-0.15, -0.1) is 0 Å². The van der Waals surface area contributed by atoms with E-state index in [-0.39, 0.29) is 30.9 Å². The van der Waals surface area contributed by atoms with Gasteiger partial charge in [0.15, 0.2) is 0 Å². The molecule has 0 aliphatic carbocycles. The van der Waals surface area contributed by atoms with Gasteiger partial charge in [-0.3, -0.25) is 15.0 Å². The predicted octanol–water partition coefficient (Wildman–Crippen LogP) is 1.41. The molecular formula is C15H21N3O3. The van der Waals surface area contributed by atoms with Crippen LogP contribution >= 0.6 is 0 Å². The number of nitrogens with zero attached hydrogens (tertiary/aromatic N) is 2. The van der Waals surface area contributed by atoms with Gasteiger partial charge in [-0.1, -0.05) is 0 Å². The number of nitrogens with one attached hydrogen (secondary N) is 1. The molecule has 1 aliphatic rings. The topological polar surface area (TPSA) is 89.5 Å². The number of carbonyl (C=O) groups excluding carboxylic acids is 1. The monoisotopic (exact) mass is 291 g/mol. The number of aliphatic hydroxyl groups excluding tert-OH is 1. The number of nitriles is 1. The van der Waals surface area contributed by atoms with Crippen molar-refractivity contribution in [2.24, 2.45) is 5.92 Å². The zero-order valence-corrected chi connectivity index (χ0v) is 12.5. The van der Waals surface area contributed by atoms with Crippen LogP contribution in [0.2, 0.25) is 0 Å². The van der Waals surface area contributed by atoms with E-state index in [0.717, 1.165) is 31.5 Å². The Morgan fingerprint density at radius 2 is 2.33 bits per heavy atom. The third-order valence-electron chi connectivity index (χ3n) is 3.98.